The van der Waals surface area contributed by atoms with E-state index < -0.39 is 126 Å². The number of carboxylic acid groups (broad SMARTS) is 1. The van der Waals surface area contributed by atoms with E-state index in [-0.39, 0.29) is 0 Å². The van der Waals surface area contributed by atoms with Crippen molar-refractivity contribution in [3.05, 3.63) is 69.6 Å². The third-order valence-electron chi connectivity index (χ3n) is 10.5. The van der Waals surface area contributed by atoms with Gasteiger partial charge in [0.15, 0.2) is 24.7 Å². The van der Waals surface area contributed by atoms with Crippen molar-refractivity contribution in [1.29, 1.82) is 0 Å². The summed E-state index contributed by atoms with van der Waals surface area (Å²) in [6.07, 6.45) is 1.19. The molecule has 3 aliphatic heterocycles. The number of aliphatic hydroxyl groups excluding tert-OH is 3. The Labute approximate surface area is 352 Å². The van der Waals surface area contributed by atoms with Gasteiger partial charge in [-0.05, 0) is 45.6 Å². The van der Waals surface area contributed by atoms with E-state index in [0.29, 0.717) is 6.42 Å². The number of carbonyl (C=O) groups is 3. The summed E-state index contributed by atoms with van der Waals surface area (Å²) < 4.78 is 61.8. The number of carbonyl (C=O) groups excluding carboxylic acids is 2. The Balaban J connectivity index is 1.59. The number of aliphatic carboxylic acids is 1. The lowest BCUT2D eigenvalue weighted by Crippen LogP contribution is -2.60. The molecule has 4 unspecified atom stereocenters. The number of nitrogens with two attached hydrogens (primary N) is 1. The van der Waals surface area contributed by atoms with Gasteiger partial charge < -0.3 is 50.0 Å². The van der Waals surface area contributed by atoms with Gasteiger partial charge in [0.2, 0.25) is 5.91 Å². The van der Waals surface area contributed by atoms with Crippen LogP contribution in [-0.4, -0.2) is 165 Å². The van der Waals surface area contributed by atoms with Crippen LogP contribution in [0.15, 0.2) is 58.3 Å². The standard InChI is InChI=1S/C38H57N5O17S/c1-4-5-6-7-8-9-10-11-12-13-14-15-16-17-25(45)56-23-21-41(2)27(34(49)42(3)26(23)36(50)51)31(59-37-33(60-61(53,54)55)28(46)22(20-39)57-37)32-29(47)30(48)35(58-32)43-19-18-24(44)40-38(43)52/h8-9,11-12,16-19,22-23,26-33,35,37,46-48H,4-7,10,13-15,20-21,39H2,1-3H3,(H,50,51)(H,40,44,52)(H,53,54,55)/b9-8-,12-11-,17-16-/t22-,23?,26?,27?,28-,29+,30-,31?,32+,33-,35-,37+/m1/s1. The fourth-order valence-corrected chi connectivity index (χ4v) is 7.88. The van der Waals surface area contributed by atoms with Gasteiger partial charge in [-0.3, -0.25) is 28.6 Å². The molecule has 8 N–H and O–H groups in total. The second kappa shape index (κ2) is 22.8. The third kappa shape index (κ3) is 13.2. The minimum Gasteiger partial charge on any atom is -0.480 e. The Morgan fingerprint density at radius 1 is 0.984 bits per heavy atom. The van der Waals surface area contributed by atoms with Crippen LogP contribution >= 0.6 is 0 Å². The second-order valence-corrected chi connectivity index (χ2v) is 16.0. The lowest BCUT2D eigenvalue weighted by atomic mass is 9.97. The third-order valence-corrected chi connectivity index (χ3v) is 11.0. The molecule has 61 heavy (non-hydrogen) atoms. The number of hydrogen-bond acceptors (Lipinski definition) is 17. The topological polar surface area (TPSA) is 320 Å². The van der Waals surface area contributed by atoms with Crippen molar-refractivity contribution >= 4 is 28.2 Å². The summed E-state index contributed by atoms with van der Waals surface area (Å²) in [4.78, 5) is 68.6. The summed E-state index contributed by atoms with van der Waals surface area (Å²) >= 11 is 0. The number of aromatic nitrogens is 2. The maximum Gasteiger partial charge on any atom is 0.397 e. The van der Waals surface area contributed by atoms with Crippen LogP contribution in [0, 0.1) is 0 Å². The van der Waals surface area contributed by atoms with E-state index >= 15 is 0 Å². The average Bonchev–Trinajstić information content (AvgIpc) is 3.61. The normalized spacial score (nSPS) is 30.8. The summed E-state index contributed by atoms with van der Waals surface area (Å²) in [5, 5.41) is 43.7. The van der Waals surface area contributed by atoms with E-state index in [0.717, 1.165) is 60.5 Å². The number of nitrogens with one attached hydrogen (secondary N) is 1. The van der Waals surface area contributed by atoms with Gasteiger partial charge in [0, 0.05) is 38.5 Å². The van der Waals surface area contributed by atoms with Gasteiger partial charge in [0.05, 0.1) is 0 Å². The van der Waals surface area contributed by atoms with Crippen LogP contribution in [0.2, 0.25) is 0 Å². The molecule has 22 nitrogen and oxygen atoms in total. The lowest BCUT2D eigenvalue weighted by molar-refractivity contribution is -0.230. The molecule has 0 aliphatic carbocycles. The molecular weight excluding hydrogens is 831 g/mol. The summed E-state index contributed by atoms with van der Waals surface area (Å²) in [6.45, 7) is 1.25. The first-order valence-corrected chi connectivity index (χ1v) is 21.3. The first kappa shape index (κ1) is 49.5. The highest BCUT2D eigenvalue weighted by Crippen LogP contribution is 2.37. The molecule has 0 bridgehead atoms. The molecule has 0 spiro atoms. The molecule has 1 aromatic heterocycles. The summed E-state index contributed by atoms with van der Waals surface area (Å²) in [7, 11) is -2.90. The Hall–Kier alpha value is -4.14. The molecule has 0 aromatic carbocycles. The molecule has 4 rings (SSSR count). The number of carboxylic acids is 1. The number of rotatable bonds is 21. The van der Waals surface area contributed by atoms with Crippen molar-refractivity contribution < 1.29 is 70.9 Å². The van der Waals surface area contributed by atoms with Gasteiger partial charge in [-0.1, -0.05) is 50.1 Å². The number of H-pyrrole nitrogens is 1. The number of unbranched alkanes of at least 4 members (excludes halogenated alkanes) is 5. The molecule has 1 aromatic rings. The summed E-state index contributed by atoms with van der Waals surface area (Å²) in [5.41, 5.74) is 3.83. The zero-order chi connectivity index (χ0) is 45.0. The first-order valence-electron chi connectivity index (χ1n) is 19.9. The Morgan fingerprint density at radius 3 is 2.28 bits per heavy atom. The fraction of sp³-hybridized carbons (Fsp3) is 0.658. The molecular formula is C38H57N5O17S. The van der Waals surface area contributed by atoms with Crippen LogP contribution in [0.5, 0.6) is 0 Å². The first-order chi connectivity index (χ1) is 28.9. The number of likely N-dealkylation sites (N-methyl/N-ethyl adjacent to an activating group) is 2. The van der Waals surface area contributed by atoms with E-state index in [2.05, 4.69) is 29.3 Å². The van der Waals surface area contributed by atoms with Crippen molar-refractivity contribution in [3.8, 4) is 0 Å². The zero-order valence-corrected chi connectivity index (χ0v) is 34.9. The van der Waals surface area contributed by atoms with Gasteiger partial charge >= 0.3 is 28.0 Å². The molecule has 1 amide bonds. The number of hydrogen-bond donors (Lipinski definition) is 7. The molecule has 23 heteroatoms. The minimum absolute atomic E-state index is 0.434. The van der Waals surface area contributed by atoms with E-state index in [1.165, 1.54) is 31.2 Å². The SMILES string of the molecule is CCCCC/C=C\C/C=C\CCC/C=C\C(=O)OC1CN(C)C(C(O[C@@H]2O[C@H](CN)[C@@H](O)[C@H]2OS(=O)(=O)O)[C@H]2O[C@@H](n3ccc(=O)[nH]c3=O)[C@H](O)[C@@H]2O)C(=O)N(C)C1C(=O)O. The number of aliphatic hydroxyl groups is 3. The van der Waals surface area contributed by atoms with Crippen LogP contribution in [0.3, 0.4) is 0 Å². The van der Waals surface area contributed by atoms with Crippen molar-refractivity contribution in [3.63, 3.8) is 0 Å². The predicted octanol–water partition coefficient (Wildman–Crippen LogP) is -1.28. The van der Waals surface area contributed by atoms with Crippen LogP contribution < -0.4 is 17.0 Å². The number of ether oxygens (including phenoxy) is 4. The highest BCUT2D eigenvalue weighted by molar-refractivity contribution is 7.80. The molecule has 12 atom stereocenters. The van der Waals surface area contributed by atoms with Gasteiger partial charge in [-0.25, -0.2) is 18.6 Å². The van der Waals surface area contributed by atoms with Gasteiger partial charge in [0.1, 0.15) is 48.8 Å². The van der Waals surface area contributed by atoms with Crippen LogP contribution in [0.4, 0.5) is 0 Å². The second-order valence-electron chi connectivity index (χ2n) is 14.9. The van der Waals surface area contributed by atoms with E-state index in [1.807, 2.05) is 11.1 Å². The van der Waals surface area contributed by atoms with E-state index in [4.69, 9.17) is 24.7 Å². The Bertz CT molecular complexity index is 1960. The predicted molar refractivity (Wildman–Crippen MR) is 213 cm³/mol. The van der Waals surface area contributed by atoms with Gasteiger partial charge in [0.25, 0.3) is 5.56 Å². The maximum atomic E-state index is 14.4. The van der Waals surface area contributed by atoms with Gasteiger partial charge in [-0.2, -0.15) is 8.42 Å². The van der Waals surface area contributed by atoms with Crippen LogP contribution in [0.1, 0.15) is 64.5 Å². The number of allylic oxidation sites excluding steroid dienone is 5. The summed E-state index contributed by atoms with van der Waals surface area (Å²) in [5.74, 6) is -3.50. The highest BCUT2D eigenvalue weighted by atomic mass is 32.3. The fourth-order valence-electron chi connectivity index (χ4n) is 7.39. The van der Waals surface area contributed by atoms with E-state index in [1.54, 1.807) is 6.08 Å². The van der Waals surface area contributed by atoms with Crippen LogP contribution in [-0.2, 0) is 47.9 Å². The monoisotopic (exact) mass is 887 g/mol. The number of esters is 1. The molecule has 0 saturated carbocycles. The van der Waals surface area contributed by atoms with Crippen LogP contribution in [0.25, 0.3) is 0 Å². The molecule has 342 valence electrons. The van der Waals surface area contributed by atoms with E-state index in [9.17, 15) is 57.4 Å². The summed E-state index contributed by atoms with van der Waals surface area (Å²) in [6, 6.07) is -2.62. The van der Waals surface area contributed by atoms with Crippen molar-refractivity contribution in [2.75, 3.05) is 27.2 Å². The lowest BCUT2D eigenvalue weighted by Gasteiger charge is -2.38. The Morgan fingerprint density at radius 2 is 1.66 bits per heavy atom. The smallest absolute Gasteiger partial charge is 0.397 e. The average molecular weight is 888 g/mol. The maximum absolute atomic E-state index is 14.4. The van der Waals surface area contributed by atoms with Crippen molar-refractivity contribution in [1.82, 2.24) is 19.4 Å². The quantitative estimate of drug-likeness (QED) is 0.0249. The molecule has 0 radical (unpaired) electrons. The number of amides is 1. The molecule has 4 heterocycles. The van der Waals surface area contributed by atoms with Crippen molar-refractivity contribution in [2.24, 2.45) is 5.73 Å². The largest absolute Gasteiger partial charge is 0.480 e. The molecule has 3 saturated heterocycles. The number of nitrogens with zero attached hydrogens (tertiary/aromatic N) is 3. The molecule has 3 fully saturated rings. The van der Waals surface area contributed by atoms with Gasteiger partial charge in [-0.15, -0.1) is 0 Å². The molecule has 3 aliphatic rings. The number of aromatic amines is 1. The Kier molecular flexibility index (Phi) is 18.5. The highest BCUT2D eigenvalue weighted by Gasteiger charge is 2.57. The minimum atomic E-state index is -5.31. The zero-order valence-electron chi connectivity index (χ0n) is 34.1. The van der Waals surface area contributed by atoms with Crippen molar-refractivity contribution in [2.45, 2.75) is 132 Å².